The first kappa shape index (κ1) is 12.8. The summed E-state index contributed by atoms with van der Waals surface area (Å²) in [6.45, 7) is 3.68. The molecule has 1 aliphatic heterocycles. The highest BCUT2D eigenvalue weighted by molar-refractivity contribution is 7.15. The maximum atomic E-state index is 12.2. The zero-order valence-corrected chi connectivity index (χ0v) is 11.1. The number of methoxy groups -OCH3 is 1. The van der Waals surface area contributed by atoms with Gasteiger partial charge in [-0.1, -0.05) is 0 Å². The van der Waals surface area contributed by atoms with Gasteiger partial charge < -0.3 is 4.74 Å². The Morgan fingerprint density at radius 2 is 2.11 bits per heavy atom. The standard InChI is InChI=1S/C12H13NO4S/c1-6(2)13-10(15)8(12(16)17-3)9(14)7-4-5-18-11(7)13/h4-6,8H,1-3H3/t8-/m1/s1. The molecule has 0 saturated heterocycles. The molecule has 6 heteroatoms. The molecule has 0 spiro atoms. The molecular formula is C12H13NO4S. The topological polar surface area (TPSA) is 63.7 Å². The van der Waals surface area contributed by atoms with Crippen molar-refractivity contribution in [1.29, 1.82) is 0 Å². The number of ether oxygens (including phenoxy) is 1. The lowest BCUT2D eigenvalue weighted by Crippen LogP contribution is -2.50. The molecular weight excluding hydrogens is 254 g/mol. The first-order valence-electron chi connectivity index (χ1n) is 5.51. The lowest BCUT2D eigenvalue weighted by molar-refractivity contribution is -0.147. The van der Waals surface area contributed by atoms with Gasteiger partial charge in [-0.3, -0.25) is 19.3 Å². The maximum Gasteiger partial charge on any atom is 0.326 e. The van der Waals surface area contributed by atoms with E-state index in [0.29, 0.717) is 10.6 Å². The Hall–Kier alpha value is -1.69. The van der Waals surface area contributed by atoms with Crippen molar-refractivity contribution in [1.82, 2.24) is 0 Å². The smallest absolute Gasteiger partial charge is 0.326 e. The minimum absolute atomic E-state index is 0.116. The summed E-state index contributed by atoms with van der Waals surface area (Å²) in [4.78, 5) is 37.5. The van der Waals surface area contributed by atoms with E-state index < -0.39 is 23.6 Å². The molecule has 2 heterocycles. The van der Waals surface area contributed by atoms with Crippen LogP contribution in [-0.2, 0) is 14.3 Å². The minimum atomic E-state index is -1.36. The minimum Gasteiger partial charge on any atom is -0.468 e. The van der Waals surface area contributed by atoms with Gasteiger partial charge in [-0.15, -0.1) is 11.3 Å². The van der Waals surface area contributed by atoms with Gasteiger partial charge in [-0.2, -0.15) is 0 Å². The first-order valence-corrected chi connectivity index (χ1v) is 6.39. The average Bonchev–Trinajstić information content (AvgIpc) is 2.77. The van der Waals surface area contributed by atoms with Crippen LogP contribution in [0, 0.1) is 5.92 Å². The number of ketones is 1. The van der Waals surface area contributed by atoms with Gasteiger partial charge in [0.2, 0.25) is 5.91 Å². The van der Waals surface area contributed by atoms with Crippen molar-refractivity contribution >= 4 is 34.0 Å². The zero-order valence-electron chi connectivity index (χ0n) is 10.3. The third kappa shape index (κ3) is 1.73. The number of hydrogen-bond acceptors (Lipinski definition) is 5. The van der Waals surface area contributed by atoms with Gasteiger partial charge >= 0.3 is 5.97 Å². The molecule has 0 radical (unpaired) electrons. The van der Waals surface area contributed by atoms with Crippen LogP contribution < -0.4 is 4.90 Å². The summed E-state index contributed by atoms with van der Waals surface area (Å²) in [7, 11) is 1.17. The van der Waals surface area contributed by atoms with E-state index in [1.165, 1.54) is 23.3 Å². The fourth-order valence-corrected chi connectivity index (χ4v) is 3.04. The summed E-state index contributed by atoms with van der Waals surface area (Å²) in [6, 6.07) is 1.52. The highest BCUT2D eigenvalue weighted by Crippen LogP contribution is 2.37. The number of fused-ring (bicyclic) bond motifs is 1. The second kappa shape index (κ2) is 4.53. The molecule has 1 aromatic heterocycles. The summed E-state index contributed by atoms with van der Waals surface area (Å²) < 4.78 is 4.55. The molecule has 96 valence electrons. The lowest BCUT2D eigenvalue weighted by Gasteiger charge is -2.32. The van der Waals surface area contributed by atoms with Crippen molar-refractivity contribution in [2.24, 2.45) is 5.92 Å². The van der Waals surface area contributed by atoms with Crippen LogP contribution >= 0.6 is 11.3 Å². The summed E-state index contributed by atoms with van der Waals surface area (Å²) in [6.07, 6.45) is 0. The highest BCUT2D eigenvalue weighted by Gasteiger charge is 2.46. The number of esters is 1. The number of anilines is 1. The van der Waals surface area contributed by atoms with Gasteiger partial charge in [0.05, 0.1) is 12.7 Å². The van der Waals surface area contributed by atoms with Crippen LogP contribution in [0.4, 0.5) is 5.00 Å². The van der Waals surface area contributed by atoms with E-state index in [0.717, 1.165) is 0 Å². The number of thiophene rings is 1. The Kier molecular flexibility index (Phi) is 3.21. The van der Waals surface area contributed by atoms with E-state index in [1.807, 2.05) is 13.8 Å². The molecule has 2 rings (SSSR count). The summed E-state index contributed by atoms with van der Waals surface area (Å²) in [5, 5.41) is 2.35. The predicted molar refractivity (Wildman–Crippen MR) is 66.8 cm³/mol. The fourth-order valence-electron chi connectivity index (χ4n) is 2.00. The van der Waals surface area contributed by atoms with Crippen LogP contribution in [0.15, 0.2) is 11.4 Å². The largest absolute Gasteiger partial charge is 0.468 e. The molecule has 0 fully saturated rings. The molecule has 0 bridgehead atoms. The number of amides is 1. The van der Waals surface area contributed by atoms with Crippen LogP contribution in [0.2, 0.25) is 0 Å². The van der Waals surface area contributed by atoms with Crippen LogP contribution in [0.1, 0.15) is 24.2 Å². The first-order chi connectivity index (χ1) is 8.49. The molecule has 1 amide bonds. The second-order valence-electron chi connectivity index (χ2n) is 4.26. The summed E-state index contributed by atoms with van der Waals surface area (Å²) in [5.74, 6) is -3.14. The number of carbonyl (C=O) groups is 3. The van der Waals surface area contributed by atoms with E-state index in [-0.39, 0.29) is 6.04 Å². The number of nitrogens with zero attached hydrogens (tertiary/aromatic N) is 1. The zero-order chi connectivity index (χ0) is 13.4. The number of carbonyl (C=O) groups excluding carboxylic acids is 3. The summed E-state index contributed by atoms with van der Waals surface area (Å²) >= 11 is 1.32. The van der Waals surface area contributed by atoms with E-state index in [4.69, 9.17) is 0 Å². The Balaban J connectivity index is 2.54. The lowest BCUT2D eigenvalue weighted by atomic mass is 9.93. The Morgan fingerprint density at radius 1 is 1.44 bits per heavy atom. The molecule has 0 unspecified atom stereocenters. The third-order valence-corrected chi connectivity index (χ3v) is 3.74. The number of hydrogen-bond donors (Lipinski definition) is 0. The van der Waals surface area contributed by atoms with Crippen LogP contribution in [0.3, 0.4) is 0 Å². The van der Waals surface area contributed by atoms with Gasteiger partial charge in [0.25, 0.3) is 0 Å². The van der Waals surface area contributed by atoms with Gasteiger partial charge in [-0.05, 0) is 25.3 Å². The highest BCUT2D eigenvalue weighted by atomic mass is 32.1. The van der Waals surface area contributed by atoms with E-state index >= 15 is 0 Å². The third-order valence-electron chi connectivity index (χ3n) is 2.83. The molecule has 0 aromatic carbocycles. The summed E-state index contributed by atoms with van der Waals surface area (Å²) in [5.41, 5.74) is 0.420. The van der Waals surface area contributed by atoms with Crippen molar-refractivity contribution in [2.75, 3.05) is 12.0 Å². The predicted octanol–water partition coefficient (Wildman–Crippen LogP) is 1.47. The van der Waals surface area contributed by atoms with Crippen molar-refractivity contribution in [3.63, 3.8) is 0 Å². The molecule has 0 saturated carbocycles. The van der Waals surface area contributed by atoms with Gasteiger partial charge in [-0.25, -0.2) is 0 Å². The molecule has 1 aliphatic rings. The van der Waals surface area contributed by atoms with Crippen molar-refractivity contribution in [3.8, 4) is 0 Å². The molecule has 0 N–H and O–H groups in total. The number of Topliss-reactive ketones (excluding diaryl/α,β-unsaturated/α-hetero) is 1. The van der Waals surface area contributed by atoms with Crippen LogP contribution in [-0.4, -0.2) is 30.8 Å². The maximum absolute atomic E-state index is 12.2. The quantitative estimate of drug-likeness (QED) is 0.601. The monoisotopic (exact) mass is 267 g/mol. The molecule has 1 aromatic rings. The van der Waals surface area contributed by atoms with Crippen molar-refractivity contribution in [3.05, 3.63) is 17.0 Å². The van der Waals surface area contributed by atoms with Crippen molar-refractivity contribution in [2.45, 2.75) is 19.9 Å². The molecule has 1 atom stereocenters. The molecule has 18 heavy (non-hydrogen) atoms. The number of rotatable bonds is 2. The second-order valence-corrected chi connectivity index (χ2v) is 5.16. The van der Waals surface area contributed by atoms with Gasteiger partial charge in [0.1, 0.15) is 5.00 Å². The average molecular weight is 267 g/mol. The van der Waals surface area contributed by atoms with Gasteiger partial charge in [0.15, 0.2) is 11.7 Å². The van der Waals surface area contributed by atoms with Crippen LogP contribution in [0.5, 0.6) is 0 Å². The Bertz CT molecular complexity index is 520. The van der Waals surface area contributed by atoms with Gasteiger partial charge in [0, 0.05) is 6.04 Å². The normalized spacial score (nSPS) is 19.1. The van der Waals surface area contributed by atoms with E-state index in [1.54, 1.807) is 11.4 Å². The molecule has 0 aliphatic carbocycles. The SMILES string of the molecule is COC(=O)[C@@H]1C(=O)c2ccsc2N(C(C)C)C1=O. The van der Waals surface area contributed by atoms with E-state index in [9.17, 15) is 14.4 Å². The Labute approximate surface area is 108 Å². The molecule has 5 nitrogen and oxygen atoms in total. The fraction of sp³-hybridized carbons (Fsp3) is 0.417. The van der Waals surface area contributed by atoms with E-state index in [2.05, 4.69) is 4.74 Å². The van der Waals surface area contributed by atoms with Crippen molar-refractivity contribution < 1.29 is 19.1 Å². The Morgan fingerprint density at radius 3 is 2.67 bits per heavy atom. The van der Waals surface area contributed by atoms with Crippen LogP contribution in [0.25, 0.3) is 0 Å².